The Labute approximate surface area is 161 Å². The third kappa shape index (κ3) is 2.82. The van der Waals surface area contributed by atoms with Crippen molar-refractivity contribution < 1.29 is 0 Å². The number of rotatable bonds is 2. The molecule has 0 fully saturated rings. The molecule has 0 unspecified atom stereocenters. The number of hydrogen-bond acceptors (Lipinski definition) is 0. The van der Waals surface area contributed by atoms with Gasteiger partial charge >= 0.3 is 0 Å². The number of fused-ring (bicyclic) bond motifs is 3. The Morgan fingerprint density at radius 1 is 0.407 bits per heavy atom. The fourth-order valence-corrected chi connectivity index (χ4v) is 8.76. The second-order valence-corrected chi connectivity index (χ2v) is 10.9. The molecule has 1 heterocycles. The Kier molecular flexibility index (Phi) is 4.15. The topological polar surface area (TPSA) is 0 Å². The van der Waals surface area contributed by atoms with Crippen molar-refractivity contribution in [3.05, 3.63) is 120 Å². The second-order valence-electron chi connectivity index (χ2n) is 7.27. The van der Waals surface area contributed by atoms with E-state index in [4.69, 9.17) is 0 Å². The van der Waals surface area contributed by atoms with Crippen molar-refractivity contribution in [3.63, 3.8) is 0 Å². The van der Waals surface area contributed by atoms with E-state index in [1.54, 1.807) is 0 Å². The first-order chi connectivity index (χ1) is 13.4. The van der Waals surface area contributed by atoms with E-state index in [1.807, 2.05) is 0 Å². The van der Waals surface area contributed by atoms with Gasteiger partial charge in [-0.1, -0.05) is 84.9 Å². The van der Waals surface area contributed by atoms with Gasteiger partial charge in [-0.3, -0.25) is 0 Å². The summed E-state index contributed by atoms with van der Waals surface area (Å²) in [5.74, 6) is 0. The molecule has 0 bridgehead atoms. The fourth-order valence-electron chi connectivity index (χ4n) is 4.42. The molecule has 0 saturated heterocycles. The lowest BCUT2D eigenvalue weighted by atomic mass is 9.97. The maximum Gasteiger partial charge on any atom is 0.0999 e. The van der Waals surface area contributed by atoms with E-state index in [9.17, 15) is 0 Å². The van der Waals surface area contributed by atoms with E-state index >= 15 is 0 Å². The lowest BCUT2D eigenvalue weighted by Gasteiger charge is -2.27. The molecule has 0 atom stereocenters. The fraction of sp³-hybridized carbons (Fsp3) is 0.0769. The smallest absolute Gasteiger partial charge is 0.0620 e. The van der Waals surface area contributed by atoms with Gasteiger partial charge in [0.1, 0.15) is 0 Å². The molecule has 5 rings (SSSR count). The minimum Gasteiger partial charge on any atom is -0.0620 e. The van der Waals surface area contributed by atoms with Crippen LogP contribution in [0.4, 0.5) is 0 Å². The summed E-state index contributed by atoms with van der Waals surface area (Å²) in [4.78, 5) is 0. The predicted octanol–water partition coefficient (Wildman–Crippen LogP) is 6.04. The summed E-state index contributed by atoms with van der Waals surface area (Å²) >= 11 is 0. The zero-order valence-electron chi connectivity index (χ0n) is 15.3. The molecular weight excluding hydrogens is 343 g/mol. The average molecular weight is 365 g/mol. The van der Waals surface area contributed by atoms with Crippen molar-refractivity contribution in [1.29, 1.82) is 0 Å². The van der Waals surface area contributed by atoms with E-state index < -0.39 is 7.26 Å². The predicted molar refractivity (Wildman–Crippen MR) is 118 cm³/mol. The molecule has 0 spiro atoms. The summed E-state index contributed by atoms with van der Waals surface area (Å²) in [6.07, 6.45) is 2.23. The second kappa shape index (κ2) is 6.80. The molecule has 0 N–H and O–H groups in total. The Hall–Kier alpha value is -2.69. The molecule has 0 amide bonds. The summed E-state index contributed by atoms with van der Waals surface area (Å²) in [6, 6.07) is 40.4. The first-order valence-corrected chi connectivity index (χ1v) is 11.7. The molecule has 27 heavy (non-hydrogen) atoms. The highest BCUT2D eigenvalue weighted by molar-refractivity contribution is 7.88. The van der Waals surface area contributed by atoms with Crippen LogP contribution in [-0.2, 0) is 12.3 Å². The van der Waals surface area contributed by atoms with Gasteiger partial charge < -0.3 is 0 Å². The Morgan fingerprint density at radius 2 is 0.778 bits per heavy atom. The molecular formula is C26H22P+. The van der Waals surface area contributed by atoms with E-state index in [2.05, 4.69) is 109 Å². The average Bonchev–Trinajstić information content (AvgIpc) is 2.90. The van der Waals surface area contributed by atoms with E-state index in [0.29, 0.717) is 0 Å². The van der Waals surface area contributed by atoms with Crippen LogP contribution in [0.1, 0.15) is 11.1 Å². The van der Waals surface area contributed by atoms with Crippen molar-refractivity contribution in [1.82, 2.24) is 0 Å². The van der Waals surface area contributed by atoms with Crippen molar-refractivity contribution in [2.45, 2.75) is 12.3 Å². The summed E-state index contributed by atoms with van der Waals surface area (Å²) in [5, 5.41) is 3.01. The summed E-state index contributed by atoms with van der Waals surface area (Å²) in [7, 11) is -1.60. The molecule has 4 aromatic carbocycles. The van der Waals surface area contributed by atoms with Crippen LogP contribution in [0.25, 0.3) is 11.1 Å². The minimum absolute atomic E-state index is 1.12. The molecule has 0 aliphatic carbocycles. The molecule has 1 aliphatic rings. The zero-order chi connectivity index (χ0) is 18.1. The van der Waals surface area contributed by atoms with Crippen LogP contribution in [0.5, 0.6) is 0 Å². The van der Waals surface area contributed by atoms with Crippen LogP contribution in [0, 0.1) is 0 Å². The number of hydrogen-bond donors (Lipinski definition) is 0. The standard InChI is InChI=1S/C26H22P/c1-3-13-23(14-4-1)27(24-15-5-2-6-16-24)19-21-11-7-9-17-25(21)26-18-10-8-12-22(26)20-27/h1-18H,19-20H2/q+1. The van der Waals surface area contributed by atoms with Crippen molar-refractivity contribution >= 4 is 17.9 Å². The summed E-state index contributed by atoms with van der Waals surface area (Å²) < 4.78 is 0. The van der Waals surface area contributed by atoms with Crippen LogP contribution in [-0.4, -0.2) is 0 Å². The van der Waals surface area contributed by atoms with Gasteiger partial charge in [-0.25, -0.2) is 0 Å². The van der Waals surface area contributed by atoms with Crippen molar-refractivity contribution in [2.75, 3.05) is 0 Å². The Bertz CT molecular complexity index is 978. The van der Waals surface area contributed by atoms with E-state index in [-0.39, 0.29) is 0 Å². The maximum absolute atomic E-state index is 2.34. The van der Waals surface area contributed by atoms with Crippen LogP contribution >= 0.6 is 7.26 Å². The third-order valence-corrected chi connectivity index (χ3v) is 10.0. The summed E-state index contributed by atoms with van der Waals surface area (Å²) in [6.45, 7) is 0. The minimum atomic E-state index is -1.60. The van der Waals surface area contributed by atoms with Gasteiger partial charge in [0, 0.05) is 0 Å². The molecule has 130 valence electrons. The van der Waals surface area contributed by atoms with Crippen LogP contribution in [0.15, 0.2) is 109 Å². The van der Waals surface area contributed by atoms with Gasteiger partial charge in [0.25, 0.3) is 0 Å². The van der Waals surface area contributed by atoms with Crippen LogP contribution in [0.3, 0.4) is 0 Å². The van der Waals surface area contributed by atoms with Gasteiger partial charge in [0.15, 0.2) is 0 Å². The van der Waals surface area contributed by atoms with Gasteiger partial charge in [-0.2, -0.15) is 0 Å². The molecule has 1 aliphatic heterocycles. The first-order valence-electron chi connectivity index (χ1n) is 9.51. The highest BCUT2D eigenvalue weighted by atomic mass is 31.2. The highest BCUT2D eigenvalue weighted by Gasteiger charge is 2.45. The highest BCUT2D eigenvalue weighted by Crippen LogP contribution is 2.64. The Balaban J connectivity index is 1.83. The Morgan fingerprint density at radius 3 is 1.22 bits per heavy atom. The normalized spacial score (nSPS) is 14.7. The molecule has 0 nitrogen and oxygen atoms in total. The van der Waals surface area contributed by atoms with Crippen molar-refractivity contribution in [3.8, 4) is 11.1 Å². The molecule has 0 radical (unpaired) electrons. The quantitative estimate of drug-likeness (QED) is 0.380. The van der Waals surface area contributed by atoms with Crippen LogP contribution < -0.4 is 10.6 Å². The molecule has 0 saturated carbocycles. The van der Waals surface area contributed by atoms with E-state index in [0.717, 1.165) is 12.3 Å². The molecule has 1 heteroatoms. The maximum atomic E-state index is 2.34. The lowest BCUT2D eigenvalue weighted by Crippen LogP contribution is -2.25. The van der Waals surface area contributed by atoms with E-state index in [1.165, 1.54) is 32.9 Å². The van der Waals surface area contributed by atoms with Gasteiger partial charge in [-0.05, 0) is 46.5 Å². The van der Waals surface area contributed by atoms with Gasteiger partial charge in [-0.15, -0.1) is 0 Å². The first kappa shape index (κ1) is 16.5. The largest absolute Gasteiger partial charge is 0.0999 e. The van der Waals surface area contributed by atoms with Crippen LogP contribution in [0.2, 0.25) is 0 Å². The summed E-state index contributed by atoms with van der Waals surface area (Å²) in [5.41, 5.74) is 5.76. The van der Waals surface area contributed by atoms with Crippen molar-refractivity contribution in [2.24, 2.45) is 0 Å². The lowest BCUT2D eigenvalue weighted by molar-refractivity contribution is 1.36. The SMILES string of the molecule is c1ccc([P+]2(c3ccccc3)Cc3ccccc3-c3ccccc3C2)cc1. The third-order valence-electron chi connectivity index (χ3n) is 5.71. The van der Waals surface area contributed by atoms with Gasteiger partial charge in [0.2, 0.25) is 0 Å². The number of benzene rings is 4. The zero-order valence-corrected chi connectivity index (χ0v) is 16.1. The van der Waals surface area contributed by atoms with Gasteiger partial charge in [0.05, 0.1) is 30.2 Å². The monoisotopic (exact) mass is 365 g/mol. The molecule has 0 aromatic heterocycles. The molecule has 4 aromatic rings.